The van der Waals surface area contributed by atoms with Gasteiger partial charge in [0.15, 0.2) is 5.13 Å². The van der Waals surface area contributed by atoms with Crippen LogP contribution in [-0.4, -0.2) is 66.0 Å². The maximum Gasteiger partial charge on any atom is 0.271 e. The van der Waals surface area contributed by atoms with Crippen LogP contribution in [0.2, 0.25) is 0 Å². The fourth-order valence-corrected chi connectivity index (χ4v) is 5.17. The van der Waals surface area contributed by atoms with Gasteiger partial charge in [-0.25, -0.2) is 13.4 Å². The van der Waals surface area contributed by atoms with Gasteiger partial charge in [0.05, 0.1) is 30.8 Å². The predicted molar refractivity (Wildman–Crippen MR) is 142 cm³/mol. The lowest BCUT2D eigenvalue weighted by atomic mass is 9.92. The first-order valence-electron chi connectivity index (χ1n) is 11.4. The lowest BCUT2D eigenvalue weighted by Crippen LogP contribution is -2.56. The van der Waals surface area contributed by atoms with E-state index >= 15 is 0 Å². The van der Waals surface area contributed by atoms with E-state index in [1.54, 1.807) is 60.7 Å². The Labute approximate surface area is 224 Å². The van der Waals surface area contributed by atoms with Gasteiger partial charge in [-0.3, -0.25) is 14.3 Å². The minimum absolute atomic E-state index is 0.00412. The van der Waals surface area contributed by atoms with Crippen LogP contribution in [0.15, 0.2) is 66.0 Å². The number of thiazole rings is 1. The third kappa shape index (κ3) is 8.35. The van der Waals surface area contributed by atoms with Gasteiger partial charge >= 0.3 is 0 Å². The van der Waals surface area contributed by atoms with E-state index in [1.807, 2.05) is 6.07 Å². The van der Waals surface area contributed by atoms with Crippen molar-refractivity contribution < 1.29 is 28.2 Å². The lowest BCUT2D eigenvalue weighted by Gasteiger charge is -2.32. The molecule has 2 aromatic carbocycles. The summed E-state index contributed by atoms with van der Waals surface area (Å²) in [5.41, 5.74) is 0.965. The molecule has 0 aliphatic rings. The molecule has 0 saturated heterocycles. The maximum atomic E-state index is 13.0. The van der Waals surface area contributed by atoms with Crippen LogP contribution in [0.3, 0.4) is 0 Å². The van der Waals surface area contributed by atoms with Gasteiger partial charge in [-0.15, -0.1) is 11.3 Å². The van der Waals surface area contributed by atoms with Crippen molar-refractivity contribution in [3.63, 3.8) is 0 Å². The number of hydrogen-bond acceptors (Lipinski definition) is 9. The number of anilines is 1. The fraction of sp³-hybridized carbons (Fsp3) is 0.280. The Bertz CT molecular complexity index is 1380. The first kappa shape index (κ1) is 28.7. The normalized spacial score (nSPS) is 14.4. The zero-order chi connectivity index (χ0) is 27.7. The number of nitrogens with zero attached hydrogens (tertiary/aromatic N) is 2. The van der Waals surface area contributed by atoms with E-state index in [0.29, 0.717) is 5.56 Å². The van der Waals surface area contributed by atoms with Gasteiger partial charge in [0.25, 0.3) is 11.8 Å². The van der Waals surface area contributed by atoms with Gasteiger partial charge in [-0.05, 0) is 24.1 Å². The summed E-state index contributed by atoms with van der Waals surface area (Å²) in [6.45, 7) is 0. The summed E-state index contributed by atoms with van der Waals surface area (Å²) in [6.07, 6.45) is -2.45. The first-order valence-corrected chi connectivity index (χ1v) is 14.2. The Kier molecular flexibility index (Phi) is 9.91. The Morgan fingerprint density at radius 1 is 0.974 bits per heavy atom. The number of carbonyl (C=O) groups is 2. The molecule has 0 fully saturated rings. The fourth-order valence-electron chi connectivity index (χ4n) is 3.62. The SMILES string of the molecule is CS(=O)(=O)Nc1nc(C(=O)N[C@H](Cc2ccccc2)[C@@H](O)[C@H](O)[C@H](CC#N)NC(=O)c2ccccc2)cs1. The quantitative estimate of drug-likeness (QED) is 0.221. The van der Waals surface area contributed by atoms with Crippen LogP contribution in [0.1, 0.15) is 32.8 Å². The van der Waals surface area contributed by atoms with Crippen molar-refractivity contribution in [2.24, 2.45) is 0 Å². The van der Waals surface area contributed by atoms with Gasteiger partial charge in [-0.1, -0.05) is 48.5 Å². The molecule has 3 aromatic rings. The highest BCUT2D eigenvalue weighted by molar-refractivity contribution is 7.92. The summed E-state index contributed by atoms with van der Waals surface area (Å²) < 4.78 is 25.1. The number of aliphatic hydroxyl groups is 2. The molecule has 0 radical (unpaired) electrons. The minimum Gasteiger partial charge on any atom is -0.388 e. The monoisotopic (exact) mass is 557 g/mol. The Morgan fingerprint density at radius 2 is 1.55 bits per heavy atom. The largest absolute Gasteiger partial charge is 0.388 e. The zero-order valence-electron chi connectivity index (χ0n) is 20.3. The molecule has 38 heavy (non-hydrogen) atoms. The number of benzene rings is 2. The first-order chi connectivity index (χ1) is 18.1. The molecule has 0 spiro atoms. The summed E-state index contributed by atoms with van der Waals surface area (Å²) in [6, 6.07) is 16.8. The van der Waals surface area contributed by atoms with E-state index in [4.69, 9.17) is 0 Å². The average molecular weight is 558 g/mol. The molecule has 3 rings (SSSR count). The van der Waals surface area contributed by atoms with E-state index in [1.165, 1.54) is 5.38 Å². The van der Waals surface area contributed by atoms with Crippen LogP contribution in [0.4, 0.5) is 5.13 Å². The zero-order valence-corrected chi connectivity index (χ0v) is 21.9. The molecule has 0 aliphatic heterocycles. The van der Waals surface area contributed by atoms with Crippen LogP contribution < -0.4 is 15.4 Å². The summed E-state index contributed by atoms with van der Waals surface area (Å²) >= 11 is 0.909. The smallest absolute Gasteiger partial charge is 0.271 e. The van der Waals surface area contributed by atoms with Gasteiger partial charge in [-0.2, -0.15) is 5.26 Å². The van der Waals surface area contributed by atoms with Crippen molar-refractivity contribution >= 4 is 38.3 Å². The highest BCUT2D eigenvalue weighted by Crippen LogP contribution is 2.18. The second-order valence-corrected chi connectivity index (χ2v) is 11.1. The number of sulfonamides is 1. The number of amides is 2. The molecule has 0 unspecified atom stereocenters. The Balaban J connectivity index is 1.81. The average Bonchev–Trinajstić information content (AvgIpc) is 3.35. The molecule has 4 atom stereocenters. The van der Waals surface area contributed by atoms with E-state index in [0.717, 1.165) is 23.2 Å². The molecule has 1 heterocycles. The van der Waals surface area contributed by atoms with Crippen molar-refractivity contribution in [1.29, 1.82) is 5.26 Å². The number of nitriles is 1. The molecule has 0 bridgehead atoms. The van der Waals surface area contributed by atoms with Crippen LogP contribution in [0.5, 0.6) is 0 Å². The maximum absolute atomic E-state index is 13.0. The molecular formula is C25H27N5O6S2. The van der Waals surface area contributed by atoms with Gasteiger partial charge in [0, 0.05) is 10.9 Å². The second kappa shape index (κ2) is 13.1. The van der Waals surface area contributed by atoms with E-state index < -0.39 is 46.1 Å². The van der Waals surface area contributed by atoms with Crippen molar-refractivity contribution in [2.45, 2.75) is 37.1 Å². The number of carbonyl (C=O) groups excluding carboxylic acids is 2. The van der Waals surface area contributed by atoms with Crippen LogP contribution in [0, 0.1) is 11.3 Å². The van der Waals surface area contributed by atoms with Crippen LogP contribution >= 0.6 is 11.3 Å². The van der Waals surface area contributed by atoms with E-state index in [9.17, 15) is 33.5 Å². The summed E-state index contributed by atoms with van der Waals surface area (Å²) in [5, 5.41) is 38.0. The number of rotatable bonds is 12. The number of hydrogen-bond donors (Lipinski definition) is 5. The van der Waals surface area contributed by atoms with Crippen molar-refractivity contribution in [3.8, 4) is 6.07 Å². The number of aliphatic hydroxyl groups excluding tert-OH is 2. The Hall–Kier alpha value is -3.83. The third-order valence-electron chi connectivity index (χ3n) is 5.46. The molecule has 1 aromatic heterocycles. The third-order valence-corrected chi connectivity index (χ3v) is 6.91. The van der Waals surface area contributed by atoms with E-state index in [-0.39, 0.29) is 23.7 Å². The molecular weight excluding hydrogens is 530 g/mol. The summed E-state index contributed by atoms with van der Waals surface area (Å²) in [5.74, 6) is -1.24. The number of aromatic nitrogens is 1. The highest BCUT2D eigenvalue weighted by Gasteiger charge is 2.34. The van der Waals surface area contributed by atoms with E-state index in [2.05, 4.69) is 20.3 Å². The molecule has 11 nitrogen and oxygen atoms in total. The van der Waals surface area contributed by atoms with Crippen LogP contribution in [-0.2, 0) is 16.4 Å². The van der Waals surface area contributed by atoms with Crippen molar-refractivity contribution in [3.05, 3.63) is 82.9 Å². The van der Waals surface area contributed by atoms with Gasteiger partial charge in [0.2, 0.25) is 10.0 Å². The predicted octanol–water partition coefficient (Wildman–Crippen LogP) is 1.29. The number of nitrogens with one attached hydrogen (secondary N) is 3. The molecule has 13 heteroatoms. The molecule has 0 saturated carbocycles. The standard InChI is InChI=1S/C25H27N5O6S2/c1-38(35,36)30-25-29-20(15-37-25)24(34)28-19(14-16-8-4-2-5-9-16)22(32)21(31)18(12-13-26)27-23(33)17-10-6-3-7-11-17/h2-11,15,18-19,21-22,31-32H,12,14H2,1H3,(H,27,33)(H,28,34)(H,29,30)/t18-,19+,21+,22+/m0/s1. The summed E-state index contributed by atoms with van der Waals surface area (Å²) in [7, 11) is -3.59. The summed E-state index contributed by atoms with van der Waals surface area (Å²) in [4.78, 5) is 29.6. The topological polar surface area (TPSA) is 182 Å². The minimum atomic E-state index is -3.59. The molecule has 2 amide bonds. The van der Waals surface area contributed by atoms with Crippen LogP contribution in [0.25, 0.3) is 0 Å². The van der Waals surface area contributed by atoms with Crippen molar-refractivity contribution in [2.75, 3.05) is 11.0 Å². The second-order valence-electron chi connectivity index (χ2n) is 8.47. The van der Waals surface area contributed by atoms with Gasteiger partial charge in [0.1, 0.15) is 17.9 Å². The molecule has 0 aliphatic carbocycles. The highest BCUT2D eigenvalue weighted by atomic mass is 32.2. The molecule has 5 N–H and O–H groups in total. The molecule has 200 valence electrons. The Morgan fingerprint density at radius 3 is 2.16 bits per heavy atom. The van der Waals surface area contributed by atoms with Gasteiger partial charge < -0.3 is 20.8 Å². The van der Waals surface area contributed by atoms with Crippen molar-refractivity contribution in [1.82, 2.24) is 15.6 Å². The lowest BCUT2D eigenvalue weighted by molar-refractivity contribution is -0.0212.